The molecule has 4 rings (SSSR count). The molecule has 0 saturated carbocycles. The molecule has 0 spiro atoms. The molecule has 0 amide bonds. The van der Waals surface area contributed by atoms with Crippen LogP contribution >= 0.6 is 12.6 Å². The molecule has 4 unspecified atom stereocenters. The van der Waals surface area contributed by atoms with Crippen LogP contribution in [0.5, 0.6) is 23.0 Å². The largest absolute Gasteiger partial charge is 0.507 e. The number of esters is 2. The number of rotatable bonds is 15. The number of hydrogen-bond acceptors (Lipinski definition) is 11. The molecule has 0 bridgehead atoms. The number of aromatic hydroxyl groups is 4. The van der Waals surface area contributed by atoms with Crippen LogP contribution in [0.3, 0.4) is 0 Å². The quantitative estimate of drug-likeness (QED) is 0.0337. The number of aliphatic carboxylic acids is 2. The van der Waals surface area contributed by atoms with Crippen molar-refractivity contribution >= 4 is 36.5 Å². The summed E-state index contributed by atoms with van der Waals surface area (Å²) in [7, 11) is 0. The number of ether oxygens (including phenoxy) is 2. The van der Waals surface area contributed by atoms with Crippen LogP contribution in [0.1, 0.15) is 197 Å². The monoisotopic (exact) mass is 1030 g/mol. The molecule has 13 heteroatoms. The first-order chi connectivity index (χ1) is 33.1. The van der Waals surface area contributed by atoms with E-state index >= 15 is 0 Å². The summed E-state index contributed by atoms with van der Waals surface area (Å²) in [6, 6.07) is 6.66. The normalized spacial score (nSPS) is 14.5. The standard InChI is InChI=1S/C60H82O12S/c1-29-33(5)49(63)41(56(9,10)11)25-37(29)21-23-45(61)71-53(47(54(67)68)39-27-43(58(15,16)17)51(65)35(7)31(39)3)60(73,48(55(69)70)40-28-44(59(18,19)20)52(66)36(8)32(40)4)72-46(62)24-22-38-26-42(57(12,13)14)50(64)34(6)30(38)2/h25-28,47-48,53,63-66,73H,21-24H2,1-20H3,(H,67,68)(H,69,70). The minimum absolute atomic E-state index is 0.0272. The second-order valence-electron chi connectivity index (χ2n) is 24.3. The van der Waals surface area contributed by atoms with Crippen LogP contribution in [0.4, 0.5) is 0 Å². The average molecular weight is 1030 g/mol. The van der Waals surface area contributed by atoms with Gasteiger partial charge in [0.15, 0.2) is 6.10 Å². The molecule has 0 fully saturated rings. The van der Waals surface area contributed by atoms with Gasteiger partial charge in [0.05, 0.1) is 0 Å². The maximum absolute atomic E-state index is 14.9. The highest BCUT2D eigenvalue weighted by molar-refractivity contribution is 7.81. The van der Waals surface area contributed by atoms with Crippen molar-refractivity contribution in [2.24, 2.45) is 0 Å². The van der Waals surface area contributed by atoms with Crippen molar-refractivity contribution in [2.75, 3.05) is 0 Å². The van der Waals surface area contributed by atoms with Crippen LogP contribution in [0.25, 0.3) is 0 Å². The van der Waals surface area contributed by atoms with E-state index < -0.39 is 68.4 Å². The summed E-state index contributed by atoms with van der Waals surface area (Å²) in [6.45, 7) is 36.4. The second kappa shape index (κ2) is 21.3. The second-order valence-corrected chi connectivity index (χ2v) is 25.0. The van der Waals surface area contributed by atoms with Crippen molar-refractivity contribution in [2.45, 2.75) is 209 Å². The lowest BCUT2D eigenvalue weighted by Gasteiger charge is -2.43. The van der Waals surface area contributed by atoms with Gasteiger partial charge in [0.2, 0.25) is 4.93 Å². The molecule has 4 aromatic rings. The summed E-state index contributed by atoms with van der Waals surface area (Å²) >= 11 is 5.11. The summed E-state index contributed by atoms with van der Waals surface area (Å²) in [5.74, 6) is -9.03. The number of benzene rings is 4. The lowest BCUT2D eigenvalue weighted by atomic mass is 9.74. The van der Waals surface area contributed by atoms with Gasteiger partial charge in [-0.3, -0.25) is 19.2 Å². The number of phenolic OH excluding ortho intramolecular Hbond substituents is 4. The highest BCUT2D eigenvalue weighted by Crippen LogP contribution is 2.51. The predicted octanol–water partition coefficient (Wildman–Crippen LogP) is 12.5. The van der Waals surface area contributed by atoms with E-state index in [2.05, 4.69) is 0 Å². The van der Waals surface area contributed by atoms with Crippen LogP contribution < -0.4 is 0 Å². The Labute approximate surface area is 439 Å². The first kappa shape index (κ1) is 59.9. The number of thiol groups is 1. The van der Waals surface area contributed by atoms with Crippen molar-refractivity contribution < 1.29 is 59.3 Å². The zero-order valence-electron chi connectivity index (χ0n) is 46.9. The summed E-state index contributed by atoms with van der Waals surface area (Å²) in [4.78, 5) is 55.6. The van der Waals surface area contributed by atoms with Crippen LogP contribution in [-0.2, 0) is 63.2 Å². The first-order valence-corrected chi connectivity index (χ1v) is 25.5. The van der Waals surface area contributed by atoms with Gasteiger partial charge in [0.25, 0.3) is 0 Å². The molecular weight excluding hydrogens is 945 g/mol. The molecule has 0 heterocycles. The molecule has 400 valence electrons. The molecule has 0 aromatic heterocycles. The Morgan fingerprint density at radius 1 is 0.466 bits per heavy atom. The van der Waals surface area contributed by atoms with Crippen LogP contribution in [0.15, 0.2) is 24.3 Å². The number of carboxylic acid groups (broad SMARTS) is 2. The molecule has 0 radical (unpaired) electrons. The molecule has 4 atom stereocenters. The van der Waals surface area contributed by atoms with Crippen molar-refractivity contribution in [3.05, 3.63) is 113 Å². The Balaban J connectivity index is 2.14. The number of carbonyl (C=O) groups excluding carboxylic acids is 2. The molecule has 4 aromatic carbocycles. The molecule has 73 heavy (non-hydrogen) atoms. The Bertz CT molecular complexity index is 2830. The number of hydrogen-bond donors (Lipinski definition) is 7. The third kappa shape index (κ3) is 12.3. The molecule has 0 aliphatic heterocycles. The van der Waals surface area contributed by atoms with Gasteiger partial charge in [0.1, 0.15) is 34.8 Å². The van der Waals surface area contributed by atoms with Gasteiger partial charge < -0.3 is 40.1 Å². The van der Waals surface area contributed by atoms with Crippen LogP contribution in [0.2, 0.25) is 0 Å². The molecule has 6 N–H and O–H groups in total. The van der Waals surface area contributed by atoms with Gasteiger partial charge in [0, 0.05) is 12.8 Å². The lowest BCUT2D eigenvalue weighted by Crippen LogP contribution is -2.55. The van der Waals surface area contributed by atoms with E-state index in [1.807, 2.05) is 109 Å². The molecular formula is C60H82O12S. The van der Waals surface area contributed by atoms with E-state index in [1.165, 1.54) is 12.1 Å². The fraction of sp³-hybridized carbons (Fsp3) is 0.533. The fourth-order valence-corrected chi connectivity index (χ4v) is 10.3. The number of aryl methyl sites for hydroxylation is 2. The van der Waals surface area contributed by atoms with E-state index in [-0.39, 0.29) is 65.4 Å². The fourth-order valence-electron chi connectivity index (χ4n) is 9.77. The van der Waals surface area contributed by atoms with Gasteiger partial charge in [-0.15, -0.1) is 12.6 Å². The zero-order chi connectivity index (χ0) is 56.2. The van der Waals surface area contributed by atoms with E-state index in [4.69, 9.17) is 22.1 Å². The maximum atomic E-state index is 14.9. The average Bonchev–Trinajstić information content (AvgIpc) is 3.24. The van der Waals surface area contributed by atoms with E-state index in [0.717, 1.165) is 16.7 Å². The van der Waals surface area contributed by atoms with Gasteiger partial charge in [-0.05, 0) is 179 Å². The Hall–Kier alpha value is -5.69. The third-order valence-corrected chi connectivity index (χ3v) is 15.6. The predicted molar refractivity (Wildman–Crippen MR) is 290 cm³/mol. The Kier molecular flexibility index (Phi) is 17.4. The molecule has 0 aliphatic carbocycles. The lowest BCUT2D eigenvalue weighted by molar-refractivity contribution is -0.184. The maximum Gasteiger partial charge on any atom is 0.316 e. The number of phenols is 4. The van der Waals surface area contributed by atoms with Crippen LogP contribution in [0, 0.1) is 55.4 Å². The Morgan fingerprint density at radius 3 is 1.12 bits per heavy atom. The highest BCUT2D eigenvalue weighted by Gasteiger charge is 2.58. The summed E-state index contributed by atoms with van der Waals surface area (Å²) in [6.07, 6.45) is -2.79. The number of carbonyl (C=O) groups is 4. The topological polar surface area (TPSA) is 208 Å². The van der Waals surface area contributed by atoms with Crippen molar-refractivity contribution in [3.63, 3.8) is 0 Å². The smallest absolute Gasteiger partial charge is 0.316 e. The Morgan fingerprint density at radius 2 is 0.781 bits per heavy atom. The van der Waals surface area contributed by atoms with Gasteiger partial charge in [-0.25, -0.2) is 0 Å². The van der Waals surface area contributed by atoms with Crippen molar-refractivity contribution in [3.8, 4) is 23.0 Å². The number of carboxylic acids is 2. The highest BCUT2D eigenvalue weighted by atomic mass is 32.1. The van der Waals surface area contributed by atoms with Gasteiger partial charge in [-0.1, -0.05) is 107 Å². The van der Waals surface area contributed by atoms with E-state index in [1.54, 1.807) is 41.5 Å². The molecule has 0 aliphatic rings. The summed E-state index contributed by atoms with van der Waals surface area (Å²) < 4.78 is 12.9. The SMILES string of the molecule is Cc1c(CCC(=O)OC(C(C(=O)O)c2cc(C(C)(C)C)c(O)c(C)c2C)C(S)(OC(=O)CCc2cc(C(C)(C)C)c(O)c(C)c2C)C(C(=O)O)c2cc(C(C)(C)C)c(O)c(C)c2C)cc(C(C)(C)C)c(O)c1C. The van der Waals surface area contributed by atoms with Gasteiger partial charge in [-0.2, -0.15) is 0 Å². The summed E-state index contributed by atoms with van der Waals surface area (Å²) in [5, 5.41) is 68.7. The molecule has 12 nitrogen and oxygen atoms in total. The van der Waals surface area contributed by atoms with Gasteiger partial charge >= 0.3 is 23.9 Å². The minimum atomic E-state index is -2.83. The molecule has 0 saturated heterocycles. The first-order valence-electron chi connectivity index (χ1n) is 25.0. The van der Waals surface area contributed by atoms with Crippen LogP contribution in [-0.4, -0.2) is 65.6 Å². The third-order valence-electron chi connectivity index (χ3n) is 15.0. The summed E-state index contributed by atoms with van der Waals surface area (Å²) in [5.41, 5.74) is 5.00. The van der Waals surface area contributed by atoms with Crippen molar-refractivity contribution in [1.82, 2.24) is 0 Å². The van der Waals surface area contributed by atoms with E-state index in [0.29, 0.717) is 55.6 Å². The minimum Gasteiger partial charge on any atom is -0.507 e. The zero-order valence-corrected chi connectivity index (χ0v) is 47.8. The van der Waals surface area contributed by atoms with Crippen molar-refractivity contribution in [1.29, 1.82) is 0 Å². The van der Waals surface area contributed by atoms with E-state index in [9.17, 15) is 49.8 Å².